The van der Waals surface area contributed by atoms with Crippen molar-refractivity contribution in [3.05, 3.63) is 102 Å². The van der Waals surface area contributed by atoms with Crippen LogP contribution >= 0.6 is 0 Å². The van der Waals surface area contributed by atoms with Crippen molar-refractivity contribution >= 4 is 16.8 Å². The minimum atomic E-state index is -0.288. The average Bonchev–Trinajstić information content (AvgIpc) is 3.21. The molecule has 0 fully saturated rings. The van der Waals surface area contributed by atoms with Crippen molar-refractivity contribution in [2.45, 2.75) is 18.9 Å². The van der Waals surface area contributed by atoms with Crippen LogP contribution in [0.5, 0.6) is 5.75 Å². The Bertz CT molecular complexity index is 1130. The molecule has 0 saturated carbocycles. The molecule has 1 amide bonds. The second kappa shape index (κ2) is 8.82. The fourth-order valence-electron chi connectivity index (χ4n) is 3.69. The quantitative estimate of drug-likeness (QED) is 0.449. The molecule has 152 valence electrons. The zero-order valence-electron chi connectivity index (χ0n) is 16.7. The molecule has 0 aliphatic carbocycles. The smallest absolute Gasteiger partial charge is 0.221 e. The second-order valence-electron chi connectivity index (χ2n) is 7.22. The van der Waals surface area contributed by atoms with Crippen molar-refractivity contribution in [3.63, 3.8) is 0 Å². The van der Waals surface area contributed by atoms with Gasteiger partial charge in [-0.2, -0.15) is 0 Å². The number of carbonyl (C=O) groups is 1. The Morgan fingerprint density at radius 3 is 2.50 bits per heavy atom. The van der Waals surface area contributed by atoms with Gasteiger partial charge in [0, 0.05) is 36.0 Å². The van der Waals surface area contributed by atoms with E-state index in [-0.39, 0.29) is 17.6 Å². The Balaban J connectivity index is 1.58. The van der Waals surface area contributed by atoms with Crippen LogP contribution in [0, 0.1) is 5.82 Å². The van der Waals surface area contributed by atoms with Gasteiger partial charge in [0.15, 0.2) is 0 Å². The van der Waals surface area contributed by atoms with E-state index < -0.39 is 0 Å². The maximum atomic E-state index is 13.1. The lowest BCUT2D eigenvalue weighted by atomic mass is 9.88. The van der Waals surface area contributed by atoms with E-state index in [0.717, 1.165) is 33.3 Å². The van der Waals surface area contributed by atoms with Crippen LogP contribution in [-0.4, -0.2) is 18.0 Å². The highest BCUT2D eigenvalue weighted by atomic mass is 19.1. The number of H-pyrrole nitrogens is 1. The van der Waals surface area contributed by atoms with Crippen LogP contribution in [0.3, 0.4) is 0 Å². The molecule has 4 rings (SSSR count). The SMILES string of the molecule is COc1ccc(C(CC(=O)NCc2ccc(F)cc2)c2c[nH]c3ccccc23)cc1. The molecule has 2 N–H and O–H groups in total. The summed E-state index contributed by atoms with van der Waals surface area (Å²) in [7, 11) is 1.63. The van der Waals surface area contributed by atoms with E-state index in [9.17, 15) is 9.18 Å². The third-order valence-electron chi connectivity index (χ3n) is 5.31. The Kier molecular flexibility index (Phi) is 5.80. The van der Waals surface area contributed by atoms with Crippen molar-refractivity contribution in [1.82, 2.24) is 10.3 Å². The maximum Gasteiger partial charge on any atom is 0.221 e. The van der Waals surface area contributed by atoms with Crippen LogP contribution in [0.2, 0.25) is 0 Å². The number of amides is 1. The van der Waals surface area contributed by atoms with Gasteiger partial charge in [-0.1, -0.05) is 42.5 Å². The number of aromatic nitrogens is 1. The molecule has 0 saturated heterocycles. The van der Waals surface area contributed by atoms with Crippen LogP contribution in [0.25, 0.3) is 10.9 Å². The summed E-state index contributed by atoms with van der Waals surface area (Å²) in [6, 6.07) is 22.0. The van der Waals surface area contributed by atoms with E-state index in [4.69, 9.17) is 4.74 Å². The molecular weight excluding hydrogens is 379 g/mol. The molecule has 4 nitrogen and oxygen atoms in total. The molecule has 0 aliphatic heterocycles. The third kappa shape index (κ3) is 4.35. The number of halogens is 1. The lowest BCUT2D eigenvalue weighted by Crippen LogP contribution is -2.25. The summed E-state index contributed by atoms with van der Waals surface area (Å²) in [6.07, 6.45) is 2.28. The lowest BCUT2D eigenvalue weighted by molar-refractivity contribution is -0.121. The summed E-state index contributed by atoms with van der Waals surface area (Å²) in [5, 5.41) is 4.06. The van der Waals surface area contributed by atoms with Gasteiger partial charge in [-0.15, -0.1) is 0 Å². The molecule has 0 bridgehead atoms. The first-order chi connectivity index (χ1) is 14.6. The van der Waals surface area contributed by atoms with E-state index in [2.05, 4.69) is 16.4 Å². The summed E-state index contributed by atoms with van der Waals surface area (Å²) in [5.41, 5.74) is 4.01. The highest BCUT2D eigenvalue weighted by molar-refractivity contribution is 5.86. The van der Waals surface area contributed by atoms with Gasteiger partial charge in [0.05, 0.1) is 7.11 Å². The van der Waals surface area contributed by atoms with Gasteiger partial charge in [-0.05, 0) is 47.0 Å². The molecule has 4 aromatic rings. The van der Waals surface area contributed by atoms with Crippen molar-refractivity contribution in [2.24, 2.45) is 0 Å². The largest absolute Gasteiger partial charge is 0.497 e. The molecule has 0 spiro atoms. The molecule has 1 heterocycles. The highest BCUT2D eigenvalue weighted by Crippen LogP contribution is 2.34. The van der Waals surface area contributed by atoms with Crippen molar-refractivity contribution in [2.75, 3.05) is 7.11 Å². The molecule has 1 aromatic heterocycles. The summed E-state index contributed by atoms with van der Waals surface area (Å²) >= 11 is 0. The van der Waals surface area contributed by atoms with Gasteiger partial charge in [0.1, 0.15) is 11.6 Å². The normalized spacial score (nSPS) is 11.9. The molecule has 1 unspecified atom stereocenters. The Morgan fingerprint density at radius 1 is 1.03 bits per heavy atom. The molecule has 0 radical (unpaired) electrons. The number of benzene rings is 3. The number of para-hydroxylation sites is 1. The number of nitrogens with one attached hydrogen (secondary N) is 2. The van der Waals surface area contributed by atoms with Crippen molar-refractivity contribution < 1.29 is 13.9 Å². The second-order valence-corrected chi connectivity index (χ2v) is 7.22. The first-order valence-electron chi connectivity index (χ1n) is 9.85. The minimum Gasteiger partial charge on any atom is -0.497 e. The fourth-order valence-corrected chi connectivity index (χ4v) is 3.69. The Hall–Kier alpha value is -3.60. The van der Waals surface area contributed by atoms with Crippen molar-refractivity contribution in [3.8, 4) is 5.75 Å². The standard InChI is InChI=1S/C25H23FN2O2/c1-30-20-12-8-18(9-13-20)22(23-16-27-24-5-3-2-4-21(23)24)14-25(29)28-15-17-6-10-19(26)11-7-17/h2-13,16,22,27H,14-15H2,1H3,(H,28,29). The molecule has 0 aliphatic rings. The third-order valence-corrected chi connectivity index (χ3v) is 5.31. The highest BCUT2D eigenvalue weighted by Gasteiger charge is 2.21. The number of methoxy groups -OCH3 is 1. The zero-order valence-corrected chi connectivity index (χ0v) is 16.7. The summed E-state index contributed by atoms with van der Waals surface area (Å²) < 4.78 is 18.4. The predicted molar refractivity (Wildman–Crippen MR) is 116 cm³/mol. The summed E-state index contributed by atoms with van der Waals surface area (Å²) in [6.45, 7) is 0.363. The zero-order chi connectivity index (χ0) is 20.9. The number of fused-ring (bicyclic) bond motifs is 1. The summed E-state index contributed by atoms with van der Waals surface area (Å²) in [5.74, 6) is 0.312. The minimum absolute atomic E-state index is 0.0644. The van der Waals surface area contributed by atoms with Crippen LogP contribution in [0.1, 0.15) is 29.0 Å². The van der Waals surface area contributed by atoms with E-state index in [0.29, 0.717) is 13.0 Å². The number of hydrogen-bond donors (Lipinski definition) is 2. The van der Waals surface area contributed by atoms with Crippen LogP contribution in [0.15, 0.2) is 79.0 Å². The van der Waals surface area contributed by atoms with E-state index in [1.807, 2.05) is 48.7 Å². The van der Waals surface area contributed by atoms with Crippen LogP contribution in [0.4, 0.5) is 4.39 Å². The van der Waals surface area contributed by atoms with Crippen molar-refractivity contribution in [1.29, 1.82) is 0 Å². The average molecular weight is 402 g/mol. The Labute approximate surface area is 174 Å². The number of rotatable bonds is 7. The van der Waals surface area contributed by atoms with Crippen LogP contribution in [-0.2, 0) is 11.3 Å². The number of hydrogen-bond acceptors (Lipinski definition) is 2. The number of ether oxygens (including phenoxy) is 1. The molecule has 3 aromatic carbocycles. The Morgan fingerprint density at radius 2 is 1.77 bits per heavy atom. The molecule has 5 heteroatoms. The number of aromatic amines is 1. The van der Waals surface area contributed by atoms with E-state index >= 15 is 0 Å². The van der Waals surface area contributed by atoms with Gasteiger partial charge in [0.25, 0.3) is 0 Å². The first-order valence-corrected chi connectivity index (χ1v) is 9.85. The predicted octanol–water partition coefficient (Wildman–Crippen LogP) is 5.15. The fraction of sp³-hybridized carbons (Fsp3) is 0.160. The van der Waals surface area contributed by atoms with Gasteiger partial charge in [-0.25, -0.2) is 4.39 Å². The first kappa shape index (κ1) is 19.7. The maximum absolute atomic E-state index is 13.1. The van der Waals surface area contributed by atoms with Gasteiger partial charge < -0.3 is 15.0 Å². The molecular formula is C25H23FN2O2. The lowest BCUT2D eigenvalue weighted by Gasteiger charge is -2.18. The number of carbonyl (C=O) groups excluding carboxylic acids is 1. The molecule has 1 atom stereocenters. The van der Waals surface area contributed by atoms with Crippen LogP contribution < -0.4 is 10.1 Å². The van der Waals surface area contributed by atoms with Gasteiger partial charge >= 0.3 is 0 Å². The topological polar surface area (TPSA) is 54.1 Å². The monoisotopic (exact) mass is 402 g/mol. The molecule has 30 heavy (non-hydrogen) atoms. The van der Waals surface area contributed by atoms with E-state index in [1.165, 1.54) is 12.1 Å². The summed E-state index contributed by atoms with van der Waals surface area (Å²) in [4.78, 5) is 16.1. The van der Waals surface area contributed by atoms with E-state index in [1.54, 1.807) is 19.2 Å². The van der Waals surface area contributed by atoms with Gasteiger partial charge in [0.2, 0.25) is 5.91 Å². The van der Waals surface area contributed by atoms with Gasteiger partial charge in [-0.3, -0.25) is 4.79 Å².